The molecule has 0 saturated carbocycles. The van der Waals surface area contributed by atoms with E-state index >= 15 is 0 Å². The number of hydrogen-bond donors (Lipinski definition) is 3. The number of methoxy groups -OCH3 is 2. The Morgan fingerprint density at radius 3 is 2.50 bits per heavy atom. The van der Waals surface area contributed by atoms with Crippen molar-refractivity contribution >= 4 is 39.2 Å². The van der Waals surface area contributed by atoms with Gasteiger partial charge in [-0.15, -0.1) is 0 Å². The number of aromatic amines is 2. The highest BCUT2D eigenvalue weighted by Crippen LogP contribution is 2.31. The van der Waals surface area contributed by atoms with E-state index in [1.165, 1.54) is 11.1 Å². The Kier molecular flexibility index (Phi) is 9.40. The number of ether oxygens (including phenoxy) is 2. The van der Waals surface area contributed by atoms with Crippen molar-refractivity contribution in [2.24, 2.45) is 0 Å². The van der Waals surface area contributed by atoms with Crippen LogP contribution >= 0.6 is 0 Å². The first-order chi connectivity index (χ1) is 22.4. The average Bonchev–Trinajstić information content (AvgIpc) is 3.68. The summed E-state index contributed by atoms with van der Waals surface area (Å²) < 4.78 is 11.0. The standard InChI is InChI=1S/C37H41N5O4/c1-25(43)42(22-27-8-4-7-11-36(27)46-3)23-29(18-28-20-38-34-10-6-5-9-31(28)34)40-37(44)24-41-16-14-26(15-17-41)33-21-39-35-13-12-30(45-2)19-32(33)35/h4-14,19-21,29,38-39H,15-18,22-24H2,1-3H3,(H,40,44)/t29-/m1/s1. The highest BCUT2D eigenvalue weighted by atomic mass is 16.5. The molecule has 0 unspecified atom stereocenters. The number of carbonyl (C=O) groups excluding carboxylic acids is 2. The van der Waals surface area contributed by atoms with Crippen molar-refractivity contribution in [1.29, 1.82) is 0 Å². The molecule has 0 spiro atoms. The molecule has 9 nitrogen and oxygen atoms in total. The Morgan fingerprint density at radius 1 is 0.935 bits per heavy atom. The van der Waals surface area contributed by atoms with E-state index in [4.69, 9.17) is 9.47 Å². The van der Waals surface area contributed by atoms with E-state index in [9.17, 15) is 9.59 Å². The van der Waals surface area contributed by atoms with E-state index in [2.05, 4.69) is 44.6 Å². The van der Waals surface area contributed by atoms with Crippen LogP contribution in [0.25, 0.3) is 27.4 Å². The van der Waals surface area contributed by atoms with Gasteiger partial charge >= 0.3 is 0 Å². The summed E-state index contributed by atoms with van der Waals surface area (Å²) in [5, 5.41) is 5.54. The smallest absolute Gasteiger partial charge is 0.234 e. The summed E-state index contributed by atoms with van der Waals surface area (Å²) in [6.45, 7) is 4.06. The summed E-state index contributed by atoms with van der Waals surface area (Å²) >= 11 is 0. The van der Waals surface area contributed by atoms with Crippen LogP contribution in [0.3, 0.4) is 0 Å². The lowest BCUT2D eigenvalue weighted by Gasteiger charge is -2.30. The number of nitrogens with zero attached hydrogens (tertiary/aromatic N) is 2. The third-order valence-electron chi connectivity index (χ3n) is 8.84. The molecule has 0 aliphatic carbocycles. The summed E-state index contributed by atoms with van der Waals surface area (Å²) in [5.74, 6) is 1.44. The lowest BCUT2D eigenvalue weighted by atomic mass is 9.98. The minimum absolute atomic E-state index is 0.0562. The van der Waals surface area contributed by atoms with Gasteiger partial charge in [0.25, 0.3) is 0 Å². The molecule has 1 aliphatic heterocycles. The van der Waals surface area contributed by atoms with Gasteiger partial charge in [0.15, 0.2) is 0 Å². The number of hydrogen-bond acceptors (Lipinski definition) is 5. The number of amides is 2. The maximum absolute atomic E-state index is 13.6. The van der Waals surface area contributed by atoms with Crippen molar-refractivity contribution in [3.8, 4) is 11.5 Å². The summed E-state index contributed by atoms with van der Waals surface area (Å²) in [6, 6.07) is 21.6. The van der Waals surface area contributed by atoms with Crippen LogP contribution in [0.5, 0.6) is 11.5 Å². The molecule has 5 aromatic rings. The normalized spacial score (nSPS) is 14.2. The maximum atomic E-state index is 13.6. The fraction of sp³-hybridized carbons (Fsp3) is 0.297. The number of nitrogens with one attached hydrogen (secondary N) is 3. The average molecular weight is 620 g/mol. The van der Waals surface area contributed by atoms with Gasteiger partial charge in [0.2, 0.25) is 11.8 Å². The molecule has 3 N–H and O–H groups in total. The van der Waals surface area contributed by atoms with Gasteiger partial charge in [0.1, 0.15) is 11.5 Å². The van der Waals surface area contributed by atoms with Gasteiger partial charge in [-0.2, -0.15) is 0 Å². The zero-order valence-corrected chi connectivity index (χ0v) is 26.6. The van der Waals surface area contributed by atoms with E-state index < -0.39 is 0 Å². The van der Waals surface area contributed by atoms with Crippen molar-refractivity contribution < 1.29 is 19.1 Å². The molecule has 1 aliphatic rings. The number of fused-ring (bicyclic) bond motifs is 2. The molecule has 3 aromatic carbocycles. The first kappa shape index (κ1) is 31.0. The summed E-state index contributed by atoms with van der Waals surface area (Å²) in [4.78, 5) is 37.1. The van der Waals surface area contributed by atoms with Crippen LogP contribution in [0, 0.1) is 0 Å². The topological polar surface area (TPSA) is 103 Å². The van der Waals surface area contributed by atoms with E-state index in [0.717, 1.165) is 57.4 Å². The second-order valence-corrected chi connectivity index (χ2v) is 11.9. The second kappa shape index (κ2) is 14.0. The number of para-hydroxylation sites is 2. The van der Waals surface area contributed by atoms with Gasteiger partial charge in [-0.3, -0.25) is 14.5 Å². The minimum Gasteiger partial charge on any atom is -0.497 e. The SMILES string of the molecule is COc1ccc2[nH]cc(C3=CCN(CC(=O)N[C@H](Cc4c[nH]c5ccccc45)CN(Cc4ccccc4OC)C(C)=O)CC3)c2c1. The van der Waals surface area contributed by atoms with Gasteiger partial charge in [-0.1, -0.05) is 42.5 Å². The quantitative estimate of drug-likeness (QED) is 0.170. The molecule has 1 atom stereocenters. The fourth-order valence-corrected chi connectivity index (χ4v) is 6.41. The molecule has 0 radical (unpaired) electrons. The van der Waals surface area contributed by atoms with E-state index in [1.807, 2.05) is 60.8 Å². The number of aromatic nitrogens is 2. The van der Waals surface area contributed by atoms with Gasteiger partial charge in [-0.05, 0) is 54.3 Å². The van der Waals surface area contributed by atoms with Crippen LogP contribution in [0.15, 0.2) is 85.2 Å². The summed E-state index contributed by atoms with van der Waals surface area (Å²) in [6.07, 6.45) is 7.69. The molecule has 238 valence electrons. The molecular weight excluding hydrogens is 578 g/mol. The molecule has 6 rings (SSSR count). The van der Waals surface area contributed by atoms with Crippen LogP contribution < -0.4 is 14.8 Å². The Balaban J connectivity index is 1.16. The highest BCUT2D eigenvalue weighted by Gasteiger charge is 2.24. The van der Waals surface area contributed by atoms with Gasteiger partial charge in [-0.25, -0.2) is 0 Å². The predicted molar refractivity (Wildman–Crippen MR) is 182 cm³/mol. The Hall–Kier alpha value is -5.02. The monoisotopic (exact) mass is 619 g/mol. The number of H-pyrrole nitrogens is 2. The van der Waals surface area contributed by atoms with Crippen LogP contribution in [-0.2, 0) is 22.6 Å². The first-order valence-corrected chi connectivity index (χ1v) is 15.7. The Morgan fingerprint density at radius 2 is 1.72 bits per heavy atom. The number of benzene rings is 3. The van der Waals surface area contributed by atoms with E-state index in [1.54, 1.807) is 26.0 Å². The van der Waals surface area contributed by atoms with Crippen LogP contribution in [0.1, 0.15) is 30.0 Å². The summed E-state index contributed by atoms with van der Waals surface area (Å²) in [5.41, 5.74) is 6.58. The molecule has 9 heteroatoms. The molecule has 3 heterocycles. The third kappa shape index (κ3) is 6.94. The van der Waals surface area contributed by atoms with E-state index in [-0.39, 0.29) is 24.4 Å². The molecule has 0 bridgehead atoms. The lowest BCUT2D eigenvalue weighted by molar-refractivity contribution is -0.131. The number of carbonyl (C=O) groups is 2. The van der Waals surface area contributed by atoms with Crippen molar-refractivity contribution in [2.75, 3.05) is 40.4 Å². The fourth-order valence-electron chi connectivity index (χ4n) is 6.41. The van der Waals surface area contributed by atoms with Gasteiger partial charge in [0, 0.05) is 78.4 Å². The van der Waals surface area contributed by atoms with E-state index in [0.29, 0.717) is 26.1 Å². The molecule has 0 fully saturated rings. The first-order valence-electron chi connectivity index (χ1n) is 15.7. The van der Waals surface area contributed by atoms with Crippen molar-refractivity contribution in [3.63, 3.8) is 0 Å². The highest BCUT2D eigenvalue weighted by molar-refractivity contribution is 5.93. The molecule has 2 aromatic heterocycles. The molecule has 46 heavy (non-hydrogen) atoms. The molecule has 0 saturated heterocycles. The summed E-state index contributed by atoms with van der Waals surface area (Å²) in [7, 11) is 3.31. The van der Waals surface area contributed by atoms with Crippen molar-refractivity contribution in [1.82, 2.24) is 25.1 Å². The molecule has 2 amide bonds. The Labute approximate surface area is 269 Å². The third-order valence-corrected chi connectivity index (χ3v) is 8.84. The van der Waals surface area contributed by atoms with Crippen molar-refractivity contribution in [3.05, 3.63) is 102 Å². The largest absolute Gasteiger partial charge is 0.497 e. The predicted octanol–water partition coefficient (Wildman–Crippen LogP) is 5.53. The van der Waals surface area contributed by atoms with Crippen molar-refractivity contribution in [2.45, 2.75) is 32.4 Å². The van der Waals surface area contributed by atoms with Crippen LogP contribution in [-0.4, -0.2) is 78.0 Å². The number of rotatable bonds is 12. The zero-order valence-electron chi connectivity index (χ0n) is 26.6. The lowest BCUT2D eigenvalue weighted by Crippen LogP contribution is -2.49. The second-order valence-electron chi connectivity index (χ2n) is 11.9. The minimum atomic E-state index is -0.289. The van der Waals surface area contributed by atoms with Crippen LogP contribution in [0.2, 0.25) is 0 Å². The Bertz CT molecular complexity index is 1870. The van der Waals surface area contributed by atoms with Gasteiger partial charge in [0.05, 0.1) is 26.8 Å². The zero-order chi connectivity index (χ0) is 32.0. The van der Waals surface area contributed by atoms with Crippen LogP contribution in [0.4, 0.5) is 0 Å². The van der Waals surface area contributed by atoms with Gasteiger partial charge < -0.3 is 29.7 Å². The molecular formula is C37H41N5O4. The maximum Gasteiger partial charge on any atom is 0.234 e.